The minimum absolute atomic E-state index is 0.260. The highest BCUT2D eigenvalue weighted by Gasteiger charge is 2.18. The zero-order valence-electron chi connectivity index (χ0n) is 13.2. The Hall–Kier alpha value is -3.60. The van der Waals surface area contributed by atoms with E-state index in [9.17, 15) is 5.11 Å². The van der Waals surface area contributed by atoms with Crippen LogP contribution in [0.2, 0.25) is 0 Å². The molecular weight excluding hydrogens is 312 g/mol. The van der Waals surface area contributed by atoms with Gasteiger partial charge in [-0.3, -0.25) is 5.10 Å². The third-order valence-electron chi connectivity index (χ3n) is 4.43. The van der Waals surface area contributed by atoms with Crippen molar-refractivity contribution >= 4 is 21.9 Å². The number of hydrogen-bond donors (Lipinski definition) is 3. The number of imidazole rings is 1. The molecule has 0 saturated heterocycles. The summed E-state index contributed by atoms with van der Waals surface area (Å²) in [5.41, 5.74) is 5.89. The Morgan fingerprint density at radius 2 is 1.72 bits per heavy atom. The smallest absolute Gasteiger partial charge is 0.306 e. The second kappa shape index (κ2) is 5.21. The van der Waals surface area contributed by atoms with Crippen LogP contribution in [0.3, 0.4) is 0 Å². The van der Waals surface area contributed by atoms with E-state index < -0.39 is 0 Å². The normalized spacial score (nSPS) is 11.4. The van der Waals surface area contributed by atoms with Crippen LogP contribution in [0.4, 0.5) is 0 Å². The Bertz CT molecular complexity index is 1190. The molecule has 0 saturated carbocycles. The molecule has 120 valence electrons. The molecule has 0 unspecified atom stereocenters. The number of nitrogens with one attached hydrogen (secondary N) is 3. The van der Waals surface area contributed by atoms with Crippen LogP contribution in [-0.2, 0) is 0 Å². The van der Waals surface area contributed by atoms with E-state index in [4.69, 9.17) is 0 Å². The number of phenolic OH excluding ortho intramolecular Hbond substituents is 1. The standard InChI is InChI=1S/C20H14N4O/c25-14-5-3-4-12(10-14)13-8-9-15-18(11-13)23-24-19(15)20-21-16-6-1-2-7-17(16)22-20/h1-11,25H,(H,21,22)(H,23,24)/p+1. The Labute approximate surface area is 143 Å². The summed E-state index contributed by atoms with van der Waals surface area (Å²) in [6.45, 7) is 0. The molecule has 0 bridgehead atoms. The van der Waals surface area contributed by atoms with Crippen LogP contribution in [-0.4, -0.2) is 20.3 Å². The fourth-order valence-corrected chi connectivity index (χ4v) is 3.20. The lowest BCUT2D eigenvalue weighted by Gasteiger charge is -2.02. The van der Waals surface area contributed by atoms with Crippen molar-refractivity contribution in [3.8, 4) is 28.4 Å². The van der Waals surface area contributed by atoms with Gasteiger partial charge in [-0.2, -0.15) is 5.10 Å². The summed E-state index contributed by atoms with van der Waals surface area (Å²) in [5.74, 6) is 1.13. The second-order valence-electron chi connectivity index (χ2n) is 6.05. The van der Waals surface area contributed by atoms with Crippen LogP contribution in [0.25, 0.3) is 44.6 Å². The van der Waals surface area contributed by atoms with E-state index in [0.717, 1.165) is 44.6 Å². The fourth-order valence-electron chi connectivity index (χ4n) is 3.20. The molecule has 4 N–H and O–H groups in total. The SMILES string of the molecule is Oc1cccc(-c2ccc3c(-c4[nH]c5ccccc5[nH+]4)n[nH]c3c2)c1. The van der Waals surface area contributed by atoms with Crippen molar-refractivity contribution in [3.63, 3.8) is 0 Å². The number of hydrogen-bond acceptors (Lipinski definition) is 2. The number of para-hydroxylation sites is 2. The Kier molecular flexibility index (Phi) is 2.87. The molecule has 0 radical (unpaired) electrons. The van der Waals surface area contributed by atoms with Gasteiger partial charge >= 0.3 is 5.82 Å². The minimum atomic E-state index is 0.260. The Morgan fingerprint density at radius 1 is 0.840 bits per heavy atom. The van der Waals surface area contributed by atoms with Gasteiger partial charge in [-0.1, -0.05) is 30.3 Å². The van der Waals surface area contributed by atoms with Gasteiger partial charge in [-0.05, 0) is 47.5 Å². The monoisotopic (exact) mass is 327 g/mol. The van der Waals surface area contributed by atoms with Crippen LogP contribution in [0.5, 0.6) is 5.75 Å². The highest BCUT2D eigenvalue weighted by atomic mass is 16.3. The number of nitrogens with zero attached hydrogens (tertiary/aromatic N) is 1. The molecule has 0 amide bonds. The largest absolute Gasteiger partial charge is 0.508 e. The third kappa shape index (κ3) is 2.25. The summed E-state index contributed by atoms with van der Waals surface area (Å²) >= 11 is 0. The molecule has 5 rings (SSSR count). The Balaban J connectivity index is 1.64. The van der Waals surface area contributed by atoms with Crippen molar-refractivity contribution in [2.45, 2.75) is 0 Å². The van der Waals surface area contributed by atoms with Crippen molar-refractivity contribution in [2.24, 2.45) is 0 Å². The summed E-state index contributed by atoms with van der Waals surface area (Å²) in [6.07, 6.45) is 0. The summed E-state index contributed by atoms with van der Waals surface area (Å²) in [7, 11) is 0. The topological polar surface area (TPSA) is 78.8 Å². The molecule has 5 nitrogen and oxygen atoms in total. The number of aromatic nitrogens is 4. The molecule has 0 aliphatic heterocycles. The number of aromatic amines is 3. The maximum absolute atomic E-state index is 9.68. The fraction of sp³-hybridized carbons (Fsp3) is 0. The van der Waals surface area contributed by atoms with Gasteiger partial charge in [0.1, 0.15) is 5.75 Å². The van der Waals surface area contributed by atoms with Crippen LogP contribution >= 0.6 is 0 Å². The maximum atomic E-state index is 9.68. The lowest BCUT2D eigenvalue weighted by Crippen LogP contribution is -2.02. The van der Waals surface area contributed by atoms with Gasteiger partial charge in [0.15, 0.2) is 16.7 Å². The maximum Gasteiger partial charge on any atom is 0.306 e. The van der Waals surface area contributed by atoms with Crippen molar-refractivity contribution in [2.75, 3.05) is 0 Å². The molecule has 2 aromatic heterocycles. The molecule has 3 aromatic carbocycles. The molecule has 25 heavy (non-hydrogen) atoms. The average molecular weight is 327 g/mol. The summed E-state index contributed by atoms with van der Waals surface area (Å²) in [4.78, 5) is 6.75. The molecule has 0 fully saturated rings. The van der Waals surface area contributed by atoms with E-state index in [0.29, 0.717) is 0 Å². The predicted octanol–water partition coefficient (Wildman–Crippen LogP) is 3.90. The van der Waals surface area contributed by atoms with E-state index in [1.807, 2.05) is 54.6 Å². The van der Waals surface area contributed by atoms with Gasteiger partial charge in [0.05, 0.1) is 5.52 Å². The van der Waals surface area contributed by atoms with Crippen molar-refractivity contribution in [1.82, 2.24) is 15.2 Å². The molecule has 0 spiro atoms. The van der Waals surface area contributed by atoms with E-state index in [-0.39, 0.29) is 5.75 Å². The first-order valence-corrected chi connectivity index (χ1v) is 8.06. The first-order valence-electron chi connectivity index (χ1n) is 8.06. The van der Waals surface area contributed by atoms with Crippen molar-refractivity contribution in [1.29, 1.82) is 0 Å². The first kappa shape index (κ1) is 13.8. The number of fused-ring (bicyclic) bond motifs is 2. The third-order valence-corrected chi connectivity index (χ3v) is 4.43. The molecule has 0 aliphatic rings. The second-order valence-corrected chi connectivity index (χ2v) is 6.05. The van der Waals surface area contributed by atoms with Crippen LogP contribution in [0.1, 0.15) is 0 Å². The van der Waals surface area contributed by atoms with E-state index in [1.54, 1.807) is 12.1 Å². The molecule has 0 aliphatic carbocycles. The molecule has 2 heterocycles. The lowest BCUT2D eigenvalue weighted by atomic mass is 10.0. The highest BCUT2D eigenvalue weighted by molar-refractivity contribution is 5.94. The molecule has 5 heteroatoms. The van der Waals surface area contributed by atoms with Crippen molar-refractivity contribution in [3.05, 3.63) is 66.7 Å². The van der Waals surface area contributed by atoms with Crippen LogP contribution in [0.15, 0.2) is 66.7 Å². The number of benzene rings is 3. The lowest BCUT2D eigenvalue weighted by molar-refractivity contribution is -0.330. The van der Waals surface area contributed by atoms with Crippen LogP contribution < -0.4 is 4.98 Å². The first-order chi connectivity index (χ1) is 12.3. The van der Waals surface area contributed by atoms with E-state index in [2.05, 4.69) is 20.2 Å². The van der Waals surface area contributed by atoms with Gasteiger partial charge in [-0.25, -0.2) is 9.97 Å². The number of phenols is 1. The molecular formula is C20H15N4O+. The molecule has 5 aromatic rings. The zero-order valence-corrected chi connectivity index (χ0v) is 13.2. The summed E-state index contributed by atoms with van der Waals surface area (Å²) in [5, 5.41) is 18.3. The van der Waals surface area contributed by atoms with Gasteiger partial charge in [0, 0.05) is 5.39 Å². The quantitative estimate of drug-likeness (QED) is 0.460. The average Bonchev–Trinajstić information content (AvgIpc) is 3.24. The van der Waals surface area contributed by atoms with Gasteiger partial charge in [-0.15, -0.1) is 0 Å². The summed E-state index contributed by atoms with van der Waals surface area (Å²) in [6, 6.07) is 21.4. The zero-order chi connectivity index (χ0) is 16.8. The highest BCUT2D eigenvalue weighted by Crippen LogP contribution is 2.29. The predicted molar refractivity (Wildman–Crippen MR) is 97.0 cm³/mol. The van der Waals surface area contributed by atoms with Gasteiger partial charge < -0.3 is 5.11 Å². The number of aromatic hydroxyl groups is 1. The minimum Gasteiger partial charge on any atom is -0.508 e. The van der Waals surface area contributed by atoms with Crippen molar-refractivity contribution < 1.29 is 10.1 Å². The van der Waals surface area contributed by atoms with Crippen LogP contribution in [0, 0.1) is 0 Å². The van der Waals surface area contributed by atoms with E-state index in [1.165, 1.54) is 0 Å². The van der Waals surface area contributed by atoms with Gasteiger partial charge in [0.25, 0.3) is 0 Å². The van der Waals surface area contributed by atoms with Gasteiger partial charge in [0.2, 0.25) is 0 Å². The number of rotatable bonds is 2. The number of H-pyrrole nitrogens is 3. The van der Waals surface area contributed by atoms with E-state index >= 15 is 0 Å². The molecule has 0 atom stereocenters. The summed E-state index contributed by atoms with van der Waals surface area (Å²) < 4.78 is 0. The Morgan fingerprint density at radius 3 is 2.60 bits per heavy atom.